The van der Waals surface area contributed by atoms with E-state index in [0.29, 0.717) is 18.7 Å². The number of hydrogen-bond donors (Lipinski definition) is 3. The number of amides is 1. The van der Waals surface area contributed by atoms with Crippen molar-refractivity contribution in [3.05, 3.63) is 30.1 Å². The van der Waals surface area contributed by atoms with Crippen LogP contribution in [-0.2, 0) is 25.8 Å². The molecule has 10 nitrogen and oxygen atoms in total. The molecule has 2 aliphatic heterocycles. The number of aromatic nitrogens is 1. The van der Waals surface area contributed by atoms with Gasteiger partial charge in [0, 0.05) is 32.3 Å². The zero-order valence-electron chi connectivity index (χ0n) is 19.6. The normalized spacial score (nSPS) is 19.4. The van der Waals surface area contributed by atoms with Gasteiger partial charge in [-0.05, 0) is 37.9 Å². The minimum Gasteiger partial charge on any atom is -0.475 e. The molecule has 0 radical (unpaired) electrons. The van der Waals surface area contributed by atoms with Crippen LogP contribution in [-0.4, -0.2) is 81.2 Å². The van der Waals surface area contributed by atoms with E-state index in [4.69, 9.17) is 24.6 Å². The van der Waals surface area contributed by atoms with Crippen LogP contribution >= 0.6 is 0 Å². The highest BCUT2D eigenvalue weighted by molar-refractivity contribution is 6.39. The van der Waals surface area contributed by atoms with Crippen molar-refractivity contribution >= 4 is 23.6 Å². The predicted molar refractivity (Wildman–Crippen MR) is 115 cm³/mol. The number of carbonyl (C=O) groups excluding carboxylic acids is 1. The minimum absolute atomic E-state index is 0.0921. The van der Waals surface area contributed by atoms with Gasteiger partial charge in [-0.3, -0.25) is 14.7 Å². The van der Waals surface area contributed by atoms with Crippen molar-refractivity contribution in [3.63, 3.8) is 0 Å². The van der Waals surface area contributed by atoms with E-state index >= 15 is 0 Å². The third-order valence-corrected chi connectivity index (χ3v) is 4.85. The summed E-state index contributed by atoms with van der Waals surface area (Å²) in [6, 6.07) is 5.97. The Morgan fingerprint density at radius 1 is 1.11 bits per heavy atom. The molecule has 37 heavy (non-hydrogen) atoms. The number of halogens is 6. The van der Waals surface area contributed by atoms with Crippen LogP contribution in [0.3, 0.4) is 0 Å². The molecular formula is C21H26F6N4O6. The second-order valence-electron chi connectivity index (χ2n) is 7.99. The Morgan fingerprint density at radius 2 is 1.70 bits per heavy atom. The highest BCUT2D eigenvalue weighted by atomic mass is 19.4. The lowest BCUT2D eigenvalue weighted by molar-refractivity contribution is -0.193. The average molecular weight is 544 g/mol. The van der Waals surface area contributed by atoms with E-state index in [2.05, 4.69) is 20.4 Å². The van der Waals surface area contributed by atoms with Crippen LogP contribution in [0.15, 0.2) is 29.6 Å². The van der Waals surface area contributed by atoms with Crippen LogP contribution in [0.1, 0.15) is 38.3 Å². The molecule has 3 rings (SSSR count). The highest BCUT2D eigenvalue weighted by Gasteiger charge is 2.44. The molecule has 1 atom stereocenters. The Balaban J connectivity index is 0.000000404. The van der Waals surface area contributed by atoms with Gasteiger partial charge in [0.15, 0.2) is 5.60 Å². The average Bonchev–Trinajstić information content (AvgIpc) is 3.20. The zero-order valence-corrected chi connectivity index (χ0v) is 19.6. The molecule has 0 bridgehead atoms. The van der Waals surface area contributed by atoms with Crippen molar-refractivity contribution in [2.24, 2.45) is 5.16 Å². The van der Waals surface area contributed by atoms with E-state index in [9.17, 15) is 31.1 Å². The summed E-state index contributed by atoms with van der Waals surface area (Å²) < 4.78 is 63.5. The van der Waals surface area contributed by atoms with Crippen molar-refractivity contribution < 1.29 is 55.8 Å². The lowest BCUT2D eigenvalue weighted by Crippen LogP contribution is -2.48. The molecule has 3 heterocycles. The smallest absolute Gasteiger partial charge is 0.475 e. The summed E-state index contributed by atoms with van der Waals surface area (Å²) >= 11 is 0. The molecule has 1 fully saturated rings. The van der Waals surface area contributed by atoms with Gasteiger partial charge in [-0.25, -0.2) is 9.59 Å². The maximum Gasteiger partial charge on any atom is 0.490 e. The summed E-state index contributed by atoms with van der Waals surface area (Å²) in [6.07, 6.45) is -4.84. The molecule has 1 spiro atoms. The van der Waals surface area contributed by atoms with Gasteiger partial charge in [0.05, 0.1) is 5.69 Å². The van der Waals surface area contributed by atoms with E-state index in [-0.39, 0.29) is 11.5 Å². The van der Waals surface area contributed by atoms with Gasteiger partial charge in [-0.15, -0.1) is 0 Å². The Kier molecular flexibility index (Phi) is 11.8. The molecule has 1 unspecified atom stereocenters. The number of nitrogens with zero attached hydrogens (tertiary/aromatic N) is 3. The molecule has 1 aromatic rings. The molecule has 1 amide bonds. The molecule has 3 N–H and O–H groups in total. The van der Waals surface area contributed by atoms with Crippen molar-refractivity contribution in [2.45, 2.75) is 57.1 Å². The van der Waals surface area contributed by atoms with E-state index in [1.54, 1.807) is 0 Å². The fraction of sp³-hybridized carbons (Fsp3) is 0.571. The second-order valence-corrected chi connectivity index (χ2v) is 7.99. The molecule has 1 saturated heterocycles. The van der Waals surface area contributed by atoms with Gasteiger partial charge in [-0.2, -0.15) is 26.3 Å². The fourth-order valence-electron chi connectivity index (χ4n) is 3.25. The molecule has 2 aliphatic rings. The molecule has 0 aliphatic carbocycles. The number of aliphatic carboxylic acids is 2. The van der Waals surface area contributed by atoms with Gasteiger partial charge in [0.1, 0.15) is 5.71 Å². The largest absolute Gasteiger partial charge is 0.490 e. The first-order valence-electron chi connectivity index (χ1n) is 10.9. The first-order chi connectivity index (χ1) is 17.1. The van der Waals surface area contributed by atoms with Gasteiger partial charge < -0.3 is 20.4 Å². The Hall–Kier alpha value is -3.43. The summed E-state index contributed by atoms with van der Waals surface area (Å²) in [5, 5.41) is 21.2. The Bertz CT molecular complexity index is 918. The predicted octanol–water partition coefficient (Wildman–Crippen LogP) is 2.99. The number of nitrogens with one attached hydrogen (secondary N) is 1. The van der Waals surface area contributed by atoms with Crippen LogP contribution in [0.4, 0.5) is 26.3 Å². The summed E-state index contributed by atoms with van der Waals surface area (Å²) in [5.41, 5.74) is 1.24. The van der Waals surface area contributed by atoms with E-state index in [0.717, 1.165) is 44.6 Å². The van der Waals surface area contributed by atoms with Crippen LogP contribution in [0.25, 0.3) is 0 Å². The molecule has 208 valence electrons. The van der Waals surface area contributed by atoms with Gasteiger partial charge in [-0.1, -0.05) is 18.1 Å². The molecule has 1 aromatic heterocycles. The van der Waals surface area contributed by atoms with Gasteiger partial charge >= 0.3 is 24.3 Å². The number of piperidine rings is 1. The topological polar surface area (TPSA) is 141 Å². The summed E-state index contributed by atoms with van der Waals surface area (Å²) in [6.45, 7) is 5.34. The minimum atomic E-state index is -5.08. The Labute approximate surface area is 207 Å². The van der Waals surface area contributed by atoms with Crippen molar-refractivity contribution in [2.75, 3.05) is 19.6 Å². The van der Waals surface area contributed by atoms with Crippen molar-refractivity contribution in [1.29, 1.82) is 0 Å². The molecular weight excluding hydrogens is 518 g/mol. The van der Waals surface area contributed by atoms with E-state index in [1.807, 2.05) is 31.3 Å². The van der Waals surface area contributed by atoms with Crippen molar-refractivity contribution in [1.82, 2.24) is 15.2 Å². The van der Waals surface area contributed by atoms with Crippen LogP contribution in [0.5, 0.6) is 0 Å². The number of oxime groups is 1. The Morgan fingerprint density at radius 3 is 2.19 bits per heavy atom. The summed E-state index contributed by atoms with van der Waals surface area (Å²) in [5.74, 6) is -5.61. The number of carbonyl (C=O) groups is 3. The number of rotatable bonds is 5. The number of likely N-dealkylation sites (tertiary alicyclic amines) is 1. The first-order valence-corrected chi connectivity index (χ1v) is 10.9. The number of hydrogen-bond acceptors (Lipinski definition) is 7. The number of alkyl halides is 6. The van der Waals surface area contributed by atoms with Crippen LogP contribution < -0.4 is 5.32 Å². The number of carboxylic acids is 2. The second kappa shape index (κ2) is 13.8. The maximum absolute atomic E-state index is 12.1. The fourth-order valence-corrected chi connectivity index (χ4v) is 3.25. The van der Waals surface area contributed by atoms with Crippen LogP contribution in [0.2, 0.25) is 0 Å². The molecule has 0 aromatic carbocycles. The number of carboxylic acid groups (broad SMARTS) is 2. The monoisotopic (exact) mass is 544 g/mol. The van der Waals surface area contributed by atoms with Crippen molar-refractivity contribution in [3.8, 4) is 0 Å². The molecule has 0 saturated carbocycles. The lowest BCUT2D eigenvalue weighted by Gasteiger charge is -2.38. The SMILES string of the molecule is CCCNC(=O)C1=NOC2(CCCN(Cc3ccccn3)C2)C1.O=C(O)C(F)(F)F.O=C(O)C(F)(F)F. The quantitative estimate of drug-likeness (QED) is 0.481. The van der Waals surface area contributed by atoms with E-state index < -0.39 is 24.3 Å². The standard InChI is InChI=1S/C17H24N4O2.2C2HF3O2/c1-2-8-19-16(22)15-11-17(23-20-15)7-5-10-21(13-17)12-14-6-3-4-9-18-14;2*3-2(4,5)1(6)7/h3-4,6,9H,2,5,7-8,10-13H2,1H3,(H,19,22);2*(H,6,7). The highest BCUT2D eigenvalue weighted by Crippen LogP contribution is 2.33. The van der Waals surface area contributed by atoms with Crippen LogP contribution in [0, 0.1) is 0 Å². The maximum atomic E-state index is 12.1. The third kappa shape index (κ3) is 11.4. The molecule has 16 heteroatoms. The zero-order chi connectivity index (χ0) is 28.3. The van der Waals surface area contributed by atoms with Gasteiger partial charge in [0.2, 0.25) is 0 Å². The number of pyridine rings is 1. The first kappa shape index (κ1) is 31.6. The summed E-state index contributed by atoms with van der Waals surface area (Å²) in [7, 11) is 0. The lowest BCUT2D eigenvalue weighted by atomic mass is 9.88. The van der Waals surface area contributed by atoms with E-state index in [1.165, 1.54) is 0 Å². The third-order valence-electron chi connectivity index (χ3n) is 4.85. The van der Waals surface area contributed by atoms with Gasteiger partial charge in [0.25, 0.3) is 5.91 Å². The summed E-state index contributed by atoms with van der Waals surface area (Å²) in [4.78, 5) is 42.3.